The molecule has 2 N–H and O–H groups in total. The number of halogens is 3. The van der Waals surface area contributed by atoms with Crippen molar-refractivity contribution in [2.75, 3.05) is 11.9 Å². The zero-order chi connectivity index (χ0) is 28.4. The van der Waals surface area contributed by atoms with Crippen molar-refractivity contribution in [1.82, 2.24) is 14.5 Å². The van der Waals surface area contributed by atoms with Crippen molar-refractivity contribution in [3.05, 3.63) is 128 Å². The van der Waals surface area contributed by atoms with E-state index in [1.54, 1.807) is 53.2 Å². The number of benzene rings is 3. The molecule has 0 bridgehead atoms. The lowest BCUT2D eigenvalue weighted by Crippen LogP contribution is -2.27. The minimum atomic E-state index is -1.06. The molecule has 0 aliphatic rings. The number of carboxylic acid groups (broad SMARTS) is 1. The molecule has 7 nitrogen and oxygen atoms in total. The highest BCUT2D eigenvalue weighted by Crippen LogP contribution is 2.32. The molecule has 1 atom stereocenters. The number of aromatic amines is 1. The average Bonchev–Trinajstić information content (AvgIpc) is 3.34. The first-order valence-corrected chi connectivity index (χ1v) is 13.4. The van der Waals surface area contributed by atoms with Gasteiger partial charge in [-0.1, -0.05) is 77.3 Å². The zero-order valence-corrected chi connectivity index (χ0v) is 23.5. The Morgan fingerprint density at radius 3 is 2.38 bits per heavy atom. The van der Waals surface area contributed by atoms with Gasteiger partial charge in [-0.25, -0.2) is 9.78 Å². The van der Waals surface area contributed by atoms with Crippen molar-refractivity contribution >= 4 is 46.6 Å². The second-order valence-electron chi connectivity index (χ2n) is 9.16. The van der Waals surface area contributed by atoms with Gasteiger partial charge in [0.1, 0.15) is 16.7 Å². The summed E-state index contributed by atoms with van der Waals surface area (Å²) in [4.78, 5) is 33.8. The van der Waals surface area contributed by atoms with Crippen LogP contribution in [0.4, 0.5) is 10.5 Å². The maximum Gasteiger partial charge on any atom is 0.411 e. The van der Waals surface area contributed by atoms with E-state index < -0.39 is 12.1 Å². The van der Waals surface area contributed by atoms with Gasteiger partial charge in [0.15, 0.2) is 0 Å². The highest BCUT2D eigenvalue weighted by Gasteiger charge is 2.23. The first kappa shape index (κ1) is 27.5. The fraction of sp³-hybridized carbons (Fsp3) is 0.100. The van der Waals surface area contributed by atoms with Crippen molar-refractivity contribution in [2.24, 2.45) is 0 Å². The molecule has 5 aromatic rings. The first-order chi connectivity index (χ1) is 19.2. The predicted octanol–water partition coefficient (Wildman–Crippen LogP) is 7.81. The molecule has 5 rings (SSSR count). The lowest BCUT2D eigenvalue weighted by Gasteiger charge is -2.19. The lowest BCUT2D eigenvalue weighted by atomic mass is 10.0. The number of H-pyrrole nitrogens is 1. The molecule has 0 saturated heterocycles. The van der Waals surface area contributed by atoms with Gasteiger partial charge in [0, 0.05) is 52.6 Å². The quantitative estimate of drug-likeness (QED) is 0.201. The molecule has 3 aromatic carbocycles. The van der Waals surface area contributed by atoms with Gasteiger partial charge < -0.3 is 14.7 Å². The van der Waals surface area contributed by atoms with Crippen molar-refractivity contribution < 1.29 is 9.90 Å². The van der Waals surface area contributed by atoms with Gasteiger partial charge in [0.2, 0.25) is 0 Å². The Morgan fingerprint density at radius 1 is 0.975 bits per heavy atom. The molecule has 0 aliphatic heterocycles. The van der Waals surface area contributed by atoms with E-state index in [1.807, 2.05) is 36.4 Å². The second kappa shape index (κ2) is 11.6. The van der Waals surface area contributed by atoms with Gasteiger partial charge >= 0.3 is 6.09 Å². The molecule has 0 radical (unpaired) electrons. The SMILES string of the molecule is CN(C(=O)O)c1ccc(-c2nc(C(Cc3ccccc3)n3ccc(-c4cc(Cl)ccc4Cl)cc3=O)[nH]c2Cl)cc1. The molecule has 40 heavy (non-hydrogen) atoms. The maximum absolute atomic E-state index is 13.5. The highest BCUT2D eigenvalue weighted by molar-refractivity contribution is 6.35. The van der Waals surface area contributed by atoms with Gasteiger partial charge in [0.25, 0.3) is 5.56 Å². The fourth-order valence-electron chi connectivity index (χ4n) is 4.47. The van der Waals surface area contributed by atoms with Crippen molar-refractivity contribution in [3.63, 3.8) is 0 Å². The third-order valence-electron chi connectivity index (χ3n) is 6.60. The number of pyridine rings is 1. The summed E-state index contributed by atoms with van der Waals surface area (Å²) in [5, 5.41) is 10.6. The molecule has 2 heterocycles. The number of amides is 1. The lowest BCUT2D eigenvalue weighted by molar-refractivity contribution is 0.203. The Morgan fingerprint density at radius 2 is 1.70 bits per heavy atom. The Bertz CT molecular complexity index is 1730. The molecule has 0 fully saturated rings. The van der Waals surface area contributed by atoms with E-state index in [9.17, 15) is 14.7 Å². The molecule has 0 aliphatic carbocycles. The van der Waals surface area contributed by atoms with Crippen LogP contribution in [0, 0.1) is 0 Å². The maximum atomic E-state index is 13.5. The van der Waals surface area contributed by atoms with Crippen LogP contribution < -0.4 is 10.5 Å². The number of carbonyl (C=O) groups is 1. The Labute approximate surface area is 245 Å². The van der Waals surface area contributed by atoms with E-state index in [4.69, 9.17) is 39.8 Å². The summed E-state index contributed by atoms with van der Waals surface area (Å²) >= 11 is 19.2. The third-order valence-corrected chi connectivity index (χ3v) is 7.44. The summed E-state index contributed by atoms with van der Waals surface area (Å²) in [7, 11) is 1.47. The molecule has 1 unspecified atom stereocenters. The number of anilines is 1. The van der Waals surface area contributed by atoms with Gasteiger partial charge in [-0.2, -0.15) is 0 Å². The van der Waals surface area contributed by atoms with Crippen LogP contribution in [0.15, 0.2) is 95.9 Å². The predicted molar refractivity (Wildman–Crippen MR) is 160 cm³/mol. The number of imidazole rings is 1. The molecule has 10 heteroatoms. The van der Waals surface area contributed by atoms with Gasteiger partial charge in [0.05, 0.1) is 6.04 Å². The molecule has 1 amide bonds. The van der Waals surface area contributed by atoms with Crippen molar-refractivity contribution in [2.45, 2.75) is 12.5 Å². The minimum Gasteiger partial charge on any atom is -0.465 e. The third kappa shape index (κ3) is 5.77. The summed E-state index contributed by atoms with van der Waals surface area (Å²) in [6.45, 7) is 0. The van der Waals surface area contributed by atoms with E-state index in [1.165, 1.54) is 13.1 Å². The Hall–Kier alpha value is -4.04. The number of hydrogen-bond donors (Lipinski definition) is 2. The second-order valence-corrected chi connectivity index (χ2v) is 10.4. The zero-order valence-electron chi connectivity index (χ0n) is 21.2. The van der Waals surface area contributed by atoms with Crippen LogP contribution in [-0.2, 0) is 6.42 Å². The topological polar surface area (TPSA) is 91.2 Å². The monoisotopic (exact) mass is 592 g/mol. The standard InChI is InChI=1S/C30H23Cl3N4O3/c1-36(30(39)40)22-10-7-19(8-11-22)27-28(33)35-29(34-27)25(15-18-5-3-2-4-6-18)37-14-13-20(16-26(37)38)23-17-21(31)9-12-24(23)32/h2-14,16-17,25H,15H2,1H3,(H,34,35)(H,39,40). The first-order valence-electron chi connectivity index (χ1n) is 12.3. The smallest absolute Gasteiger partial charge is 0.411 e. The van der Waals surface area contributed by atoms with Crippen LogP contribution in [0.5, 0.6) is 0 Å². The average molecular weight is 594 g/mol. The summed E-state index contributed by atoms with van der Waals surface area (Å²) < 4.78 is 1.61. The summed E-state index contributed by atoms with van der Waals surface area (Å²) in [5.41, 5.74) is 3.79. The summed E-state index contributed by atoms with van der Waals surface area (Å²) in [5.74, 6) is 0.506. The number of nitrogens with zero attached hydrogens (tertiary/aromatic N) is 3. The van der Waals surface area contributed by atoms with Crippen molar-refractivity contribution in [3.8, 4) is 22.4 Å². The number of rotatable bonds is 7. The van der Waals surface area contributed by atoms with E-state index in [-0.39, 0.29) is 5.56 Å². The largest absolute Gasteiger partial charge is 0.465 e. The Balaban J connectivity index is 1.55. The van der Waals surface area contributed by atoms with Crippen LogP contribution in [0.25, 0.3) is 22.4 Å². The van der Waals surface area contributed by atoms with Crippen LogP contribution in [0.3, 0.4) is 0 Å². The van der Waals surface area contributed by atoms with E-state index >= 15 is 0 Å². The molecule has 0 saturated carbocycles. The van der Waals surface area contributed by atoms with E-state index in [0.29, 0.717) is 55.5 Å². The molecule has 0 spiro atoms. The number of hydrogen-bond acceptors (Lipinski definition) is 3. The molecular formula is C30H23Cl3N4O3. The van der Waals surface area contributed by atoms with Crippen LogP contribution in [0.1, 0.15) is 17.4 Å². The van der Waals surface area contributed by atoms with Gasteiger partial charge in [-0.15, -0.1) is 0 Å². The van der Waals surface area contributed by atoms with Crippen molar-refractivity contribution in [1.29, 1.82) is 0 Å². The van der Waals surface area contributed by atoms with Gasteiger partial charge in [-0.05, 0) is 47.5 Å². The van der Waals surface area contributed by atoms with Crippen LogP contribution >= 0.6 is 34.8 Å². The van der Waals surface area contributed by atoms with Gasteiger partial charge in [-0.3, -0.25) is 9.69 Å². The van der Waals surface area contributed by atoms with Crippen LogP contribution in [0.2, 0.25) is 15.2 Å². The molecular weight excluding hydrogens is 571 g/mol. The molecule has 202 valence electrons. The minimum absolute atomic E-state index is 0.246. The highest BCUT2D eigenvalue weighted by atomic mass is 35.5. The van der Waals surface area contributed by atoms with Crippen LogP contribution in [-0.4, -0.2) is 32.8 Å². The van der Waals surface area contributed by atoms with E-state index in [2.05, 4.69) is 4.98 Å². The number of aromatic nitrogens is 3. The normalized spacial score (nSPS) is 11.8. The summed E-state index contributed by atoms with van der Waals surface area (Å²) in [6, 6.07) is 24.6. The number of nitrogens with one attached hydrogen (secondary N) is 1. The Kier molecular flexibility index (Phi) is 7.98. The summed E-state index contributed by atoms with van der Waals surface area (Å²) in [6.07, 6.45) is 1.13. The van der Waals surface area contributed by atoms with E-state index in [0.717, 1.165) is 10.5 Å². The fourth-order valence-corrected chi connectivity index (χ4v) is 5.12. The molecule has 2 aromatic heterocycles.